The number of benzene rings is 1. The van der Waals surface area contributed by atoms with Gasteiger partial charge in [0.15, 0.2) is 0 Å². The fraction of sp³-hybridized carbons (Fsp3) is 0.353. The number of hydrogen-bond donors (Lipinski definition) is 0. The van der Waals surface area contributed by atoms with Crippen LogP contribution in [0.4, 0.5) is 0 Å². The molecule has 0 saturated carbocycles. The third-order valence-corrected chi connectivity index (χ3v) is 3.48. The quantitative estimate of drug-likeness (QED) is 0.730. The van der Waals surface area contributed by atoms with E-state index in [1.54, 1.807) is 18.2 Å². The van der Waals surface area contributed by atoms with Gasteiger partial charge in [0.25, 0.3) is 0 Å². The second-order valence-electron chi connectivity index (χ2n) is 4.96. The molecule has 0 aliphatic rings. The summed E-state index contributed by atoms with van der Waals surface area (Å²) in [6.07, 6.45) is 2.79. The highest BCUT2D eigenvalue weighted by Gasteiger charge is 2.18. The van der Waals surface area contributed by atoms with Gasteiger partial charge in [-0.1, -0.05) is 18.2 Å². The summed E-state index contributed by atoms with van der Waals surface area (Å²) >= 11 is 0. The van der Waals surface area contributed by atoms with Crippen LogP contribution in [-0.2, 0) is 4.79 Å². The molecule has 1 atom stereocenters. The molecule has 2 aromatic rings. The van der Waals surface area contributed by atoms with Crippen molar-refractivity contribution >= 4 is 5.91 Å². The number of para-hydroxylation sites is 1. The average molecular weight is 287 g/mol. The van der Waals surface area contributed by atoms with Crippen molar-refractivity contribution in [2.45, 2.75) is 25.8 Å². The Labute approximate surface area is 125 Å². The van der Waals surface area contributed by atoms with Crippen LogP contribution in [0, 0.1) is 0 Å². The van der Waals surface area contributed by atoms with Crippen LogP contribution < -0.4 is 4.74 Å². The van der Waals surface area contributed by atoms with Gasteiger partial charge in [-0.3, -0.25) is 4.79 Å². The van der Waals surface area contributed by atoms with E-state index in [2.05, 4.69) is 0 Å². The predicted octanol–water partition coefficient (Wildman–Crippen LogP) is 3.66. The molecule has 21 heavy (non-hydrogen) atoms. The third kappa shape index (κ3) is 4.38. The van der Waals surface area contributed by atoms with Crippen LogP contribution in [0.3, 0.4) is 0 Å². The summed E-state index contributed by atoms with van der Waals surface area (Å²) in [4.78, 5) is 13.8. The lowest BCUT2D eigenvalue weighted by atomic mass is 10.2. The van der Waals surface area contributed by atoms with Gasteiger partial charge in [0.05, 0.1) is 18.9 Å². The fourth-order valence-corrected chi connectivity index (χ4v) is 2.04. The van der Waals surface area contributed by atoms with Crippen LogP contribution >= 0.6 is 0 Å². The highest BCUT2D eigenvalue weighted by molar-refractivity contribution is 5.76. The van der Waals surface area contributed by atoms with Crippen LogP contribution in [0.15, 0.2) is 53.1 Å². The molecule has 2 rings (SSSR count). The molecule has 0 bridgehead atoms. The van der Waals surface area contributed by atoms with Crippen molar-refractivity contribution < 1.29 is 13.9 Å². The zero-order chi connectivity index (χ0) is 15.1. The van der Waals surface area contributed by atoms with Crippen molar-refractivity contribution in [3.63, 3.8) is 0 Å². The van der Waals surface area contributed by atoms with Crippen molar-refractivity contribution in [1.82, 2.24) is 4.90 Å². The molecule has 0 spiro atoms. The van der Waals surface area contributed by atoms with Crippen molar-refractivity contribution in [1.29, 1.82) is 0 Å². The van der Waals surface area contributed by atoms with E-state index in [0.717, 1.165) is 11.5 Å². The zero-order valence-corrected chi connectivity index (χ0v) is 12.5. The Hall–Kier alpha value is -2.23. The Bertz CT molecular complexity index is 536. The molecule has 1 heterocycles. The summed E-state index contributed by atoms with van der Waals surface area (Å²) in [5, 5.41) is 0. The van der Waals surface area contributed by atoms with Gasteiger partial charge in [-0.25, -0.2) is 0 Å². The summed E-state index contributed by atoms with van der Waals surface area (Å²) in [6.45, 7) is 2.50. The van der Waals surface area contributed by atoms with E-state index in [-0.39, 0.29) is 11.9 Å². The molecule has 0 radical (unpaired) electrons. The minimum Gasteiger partial charge on any atom is -0.494 e. The monoisotopic (exact) mass is 287 g/mol. The van der Waals surface area contributed by atoms with Crippen molar-refractivity contribution in [2.75, 3.05) is 13.7 Å². The highest BCUT2D eigenvalue weighted by atomic mass is 16.5. The first-order valence-corrected chi connectivity index (χ1v) is 7.15. The molecule has 0 saturated heterocycles. The number of carbonyl (C=O) groups is 1. The van der Waals surface area contributed by atoms with Gasteiger partial charge in [0.1, 0.15) is 11.5 Å². The van der Waals surface area contributed by atoms with E-state index in [4.69, 9.17) is 9.15 Å². The normalized spacial score (nSPS) is 11.9. The maximum Gasteiger partial charge on any atom is 0.223 e. The number of carbonyl (C=O) groups excluding carboxylic acids is 1. The van der Waals surface area contributed by atoms with Gasteiger partial charge in [0.2, 0.25) is 5.91 Å². The van der Waals surface area contributed by atoms with Gasteiger partial charge in [0, 0.05) is 13.5 Å². The number of amides is 1. The SMILES string of the molecule is CC(c1ccco1)N(C)C(=O)CCCOc1ccccc1. The Morgan fingerprint density at radius 3 is 2.67 bits per heavy atom. The van der Waals surface area contributed by atoms with E-state index in [1.165, 1.54) is 0 Å². The Kier molecular flexibility index (Phi) is 5.43. The summed E-state index contributed by atoms with van der Waals surface area (Å²) in [5.74, 6) is 1.73. The molecule has 112 valence electrons. The Morgan fingerprint density at radius 2 is 2.00 bits per heavy atom. The largest absolute Gasteiger partial charge is 0.494 e. The minimum atomic E-state index is -0.0532. The predicted molar refractivity (Wildman–Crippen MR) is 81.1 cm³/mol. The molecule has 4 nitrogen and oxygen atoms in total. The van der Waals surface area contributed by atoms with E-state index >= 15 is 0 Å². The summed E-state index contributed by atoms with van der Waals surface area (Å²) in [7, 11) is 1.80. The molecule has 1 unspecified atom stereocenters. The van der Waals surface area contributed by atoms with Gasteiger partial charge in [-0.2, -0.15) is 0 Å². The molecule has 0 fully saturated rings. The molecular formula is C17H21NO3. The second-order valence-corrected chi connectivity index (χ2v) is 4.96. The van der Waals surface area contributed by atoms with E-state index in [9.17, 15) is 4.79 Å². The molecule has 0 aliphatic heterocycles. The van der Waals surface area contributed by atoms with Gasteiger partial charge in [-0.05, 0) is 37.6 Å². The van der Waals surface area contributed by atoms with E-state index in [1.807, 2.05) is 49.4 Å². The molecular weight excluding hydrogens is 266 g/mol. The maximum absolute atomic E-state index is 12.1. The number of hydrogen-bond acceptors (Lipinski definition) is 3. The number of nitrogens with zero attached hydrogens (tertiary/aromatic N) is 1. The van der Waals surface area contributed by atoms with Crippen molar-refractivity contribution in [2.24, 2.45) is 0 Å². The molecule has 0 N–H and O–H groups in total. The first-order valence-electron chi connectivity index (χ1n) is 7.15. The lowest BCUT2D eigenvalue weighted by Crippen LogP contribution is -2.29. The average Bonchev–Trinajstić information content (AvgIpc) is 3.05. The first-order chi connectivity index (χ1) is 10.2. The smallest absolute Gasteiger partial charge is 0.223 e. The molecule has 4 heteroatoms. The molecule has 1 aromatic carbocycles. The topological polar surface area (TPSA) is 42.7 Å². The Balaban J connectivity index is 1.72. The highest BCUT2D eigenvalue weighted by Crippen LogP contribution is 2.20. The minimum absolute atomic E-state index is 0.0532. The first kappa shape index (κ1) is 15.2. The molecule has 0 aliphatic carbocycles. The number of furan rings is 1. The zero-order valence-electron chi connectivity index (χ0n) is 12.5. The summed E-state index contributed by atoms with van der Waals surface area (Å²) in [5.41, 5.74) is 0. The van der Waals surface area contributed by atoms with Crippen LogP contribution in [0.2, 0.25) is 0 Å². The van der Waals surface area contributed by atoms with E-state index in [0.29, 0.717) is 19.4 Å². The Morgan fingerprint density at radius 1 is 1.24 bits per heavy atom. The summed E-state index contributed by atoms with van der Waals surface area (Å²) < 4.78 is 10.9. The van der Waals surface area contributed by atoms with Gasteiger partial charge in [-0.15, -0.1) is 0 Å². The second kappa shape index (κ2) is 7.53. The van der Waals surface area contributed by atoms with Crippen LogP contribution in [0.25, 0.3) is 0 Å². The lowest BCUT2D eigenvalue weighted by molar-refractivity contribution is -0.132. The lowest BCUT2D eigenvalue weighted by Gasteiger charge is -2.23. The summed E-state index contributed by atoms with van der Waals surface area (Å²) in [6, 6.07) is 13.3. The van der Waals surface area contributed by atoms with Gasteiger partial charge < -0.3 is 14.1 Å². The standard InChI is InChI=1S/C17H21NO3/c1-14(16-10-6-13-21-16)18(2)17(19)11-7-12-20-15-8-4-3-5-9-15/h3-6,8-10,13-14H,7,11-12H2,1-2H3. The van der Waals surface area contributed by atoms with Crippen LogP contribution in [0.5, 0.6) is 5.75 Å². The third-order valence-electron chi connectivity index (χ3n) is 3.48. The maximum atomic E-state index is 12.1. The van der Waals surface area contributed by atoms with E-state index < -0.39 is 0 Å². The number of ether oxygens (including phenoxy) is 1. The fourth-order valence-electron chi connectivity index (χ4n) is 2.04. The van der Waals surface area contributed by atoms with Crippen LogP contribution in [0.1, 0.15) is 31.6 Å². The van der Waals surface area contributed by atoms with Gasteiger partial charge >= 0.3 is 0 Å². The number of rotatable bonds is 7. The molecule has 1 amide bonds. The molecule has 1 aromatic heterocycles. The van der Waals surface area contributed by atoms with Crippen LogP contribution in [-0.4, -0.2) is 24.5 Å². The van der Waals surface area contributed by atoms with Crippen molar-refractivity contribution in [3.8, 4) is 5.75 Å². The van der Waals surface area contributed by atoms with Crippen molar-refractivity contribution in [3.05, 3.63) is 54.5 Å².